The molecule has 2 N–H and O–H groups in total. The average Bonchev–Trinajstić information content (AvgIpc) is 2.35. The number of fused-ring (bicyclic) bond motifs is 1. The maximum Gasteiger partial charge on any atom is 0.0951 e. The van der Waals surface area contributed by atoms with Crippen LogP contribution in [-0.4, -0.2) is 29.3 Å². The Labute approximate surface area is 125 Å². The number of anilines is 2. The third-order valence-corrected chi connectivity index (χ3v) is 3.81. The number of hydrogen-bond acceptors (Lipinski definition) is 4. The van der Waals surface area contributed by atoms with Crippen molar-refractivity contribution in [1.82, 2.24) is 4.98 Å². The molecule has 1 fully saturated rings. The highest BCUT2D eigenvalue weighted by molar-refractivity contribution is 5.98. The Morgan fingerprint density at radius 3 is 2.43 bits per heavy atom. The summed E-state index contributed by atoms with van der Waals surface area (Å²) in [6.45, 7) is 10.3. The van der Waals surface area contributed by atoms with Crippen LogP contribution in [0.15, 0.2) is 30.5 Å². The molecule has 0 saturated carbocycles. The average molecular weight is 285 g/mol. The number of nitrogens with zero attached hydrogens (tertiary/aromatic N) is 2. The maximum absolute atomic E-state index is 6.17. The van der Waals surface area contributed by atoms with Crippen molar-refractivity contribution in [2.45, 2.75) is 38.9 Å². The van der Waals surface area contributed by atoms with Crippen molar-refractivity contribution in [3.05, 3.63) is 30.5 Å². The largest absolute Gasteiger partial charge is 0.397 e. The van der Waals surface area contributed by atoms with Gasteiger partial charge in [-0.05, 0) is 52.0 Å². The van der Waals surface area contributed by atoms with Crippen molar-refractivity contribution in [2.75, 3.05) is 23.7 Å². The molecule has 0 bridgehead atoms. The van der Waals surface area contributed by atoms with Crippen LogP contribution in [0, 0.1) is 0 Å². The zero-order chi connectivity index (χ0) is 15.3. The van der Waals surface area contributed by atoms with Gasteiger partial charge in [-0.25, -0.2) is 0 Å². The first-order valence-corrected chi connectivity index (χ1v) is 7.36. The van der Waals surface area contributed by atoms with E-state index in [2.05, 4.69) is 49.7 Å². The lowest BCUT2D eigenvalue weighted by molar-refractivity contribution is -0.133. The van der Waals surface area contributed by atoms with Crippen LogP contribution in [0.2, 0.25) is 0 Å². The Kier molecular flexibility index (Phi) is 3.10. The molecule has 1 aliphatic heterocycles. The Morgan fingerprint density at radius 1 is 1.10 bits per heavy atom. The third-order valence-electron chi connectivity index (χ3n) is 3.81. The molecule has 2 heterocycles. The summed E-state index contributed by atoms with van der Waals surface area (Å²) in [7, 11) is 0. The molecule has 2 aromatic rings. The van der Waals surface area contributed by atoms with Crippen LogP contribution in [-0.2, 0) is 4.74 Å². The highest BCUT2D eigenvalue weighted by atomic mass is 16.5. The molecular formula is C17H23N3O. The third kappa shape index (κ3) is 2.68. The van der Waals surface area contributed by atoms with Crippen LogP contribution < -0.4 is 10.6 Å². The molecule has 4 heteroatoms. The molecule has 0 atom stereocenters. The van der Waals surface area contributed by atoms with Crippen molar-refractivity contribution in [1.29, 1.82) is 0 Å². The quantitative estimate of drug-likeness (QED) is 0.817. The monoisotopic (exact) mass is 285 g/mol. The fourth-order valence-corrected chi connectivity index (χ4v) is 3.41. The summed E-state index contributed by atoms with van der Waals surface area (Å²) in [4.78, 5) is 6.81. The van der Waals surface area contributed by atoms with Crippen LogP contribution in [0.3, 0.4) is 0 Å². The van der Waals surface area contributed by atoms with Gasteiger partial charge in [-0.15, -0.1) is 0 Å². The number of nitrogens with two attached hydrogens (primary N) is 1. The Balaban J connectivity index is 2.10. The van der Waals surface area contributed by atoms with Crippen LogP contribution in [0.25, 0.3) is 10.9 Å². The summed E-state index contributed by atoms with van der Waals surface area (Å²) in [5.41, 5.74) is 8.46. The van der Waals surface area contributed by atoms with Gasteiger partial charge in [-0.1, -0.05) is 0 Å². The Bertz CT molecular complexity index is 663. The van der Waals surface area contributed by atoms with Crippen LogP contribution >= 0.6 is 0 Å². The highest BCUT2D eigenvalue weighted by Gasteiger charge is 2.38. The second kappa shape index (κ2) is 4.60. The zero-order valence-corrected chi connectivity index (χ0v) is 13.2. The standard InChI is InChI=1S/C17H23N3O/c1-16(2)10-20(11-17(3,4)21-16)14-8-7-13(18)15-12(14)6-5-9-19-15/h5-9H,10-11,18H2,1-4H3. The van der Waals surface area contributed by atoms with Crippen molar-refractivity contribution in [2.24, 2.45) is 0 Å². The molecule has 1 saturated heterocycles. The van der Waals surface area contributed by atoms with E-state index in [4.69, 9.17) is 10.5 Å². The summed E-state index contributed by atoms with van der Waals surface area (Å²) in [5.74, 6) is 0. The van der Waals surface area contributed by atoms with Gasteiger partial charge in [0.2, 0.25) is 0 Å². The Morgan fingerprint density at radius 2 is 1.76 bits per heavy atom. The molecule has 0 aliphatic carbocycles. The minimum absolute atomic E-state index is 0.183. The first kappa shape index (κ1) is 14.1. The number of aromatic nitrogens is 1. The van der Waals surface area contributed by atoms with E-state index in [0.29, 0.717) is 0 Å². The van der Waals surface area contributed by atoms with E-state index in [1.807, 2.05) is 12.1 Å². The van der Waals surface area contributed by atoms with E-state index in [1.54, 1.807) is 6.20 Å². The van der Waals surface area contributed by atoms with Crippen molar-refractivity contribution in [3.8, 4) is 0 Å². The van der Waals surface area contributed by atoms with Crippen LogP contribution in [0.1, 0.15) is 27.7 Å². The molecule has 112 valence electrons. The summed E-state index contributed by atoms with van der Waals surface area (Å²) >= 11 is 0. The van der Waals surface area contributed by atoms with E-state index in [-0.39, 0.29) is 11.2 Å². The van der Waals surface area contributed by atoms with Gasteiger partial charge >= 0.3 is 0 Å². The minimum Gasteiger partial charge on any atom is -0.397 e. The molecule has 1 aromatic carbocycles. The van der Waals surface area contributed by atoms with E-state index >= 15 is 0 Å². The number of morpholine rings is 1. The van der Waals surface area contributed by atoms with E-state index in [9.17, 15) is 0 Å². The first-order valence-electron chi connectivity index (χ1n) is 7.36. The van der Waals surface area contributed by atoms with E-state index < -0.39 is 0 Å². The minimum atomic E-state index is -0.183. The number of rotatable bonds is 1. The number of ether oxygens (including phenoxy) is 1. The number of hydrogen-bond donors (Lipinski definition) is 1. The normalized spacial score (nSPS) is 20.7. The maximum atomic E-state index is 6.17. The second-order valence-electron chi connectivity index (χ2n) is 7.05. The lowest BCUT2D eigenvalue weighted by Gasteiger charge is -2.48. The summed E-state index contributed by atoms with van der Waals surface area (Å²) in [6.07, 6.45) is 1.79. The summed E-state index contributed by atoms with van der Waals surface area (Å²) in [5, 5.41) is 1.10. The van der Waals surface area contributed by atoms with Crippen molar-refractivity contribution < 1.29 is 4.74 Å². The fraction of sp³-hybridized carbons (Fsp3) is 0.471. The van der Waals surface area contributed by atoms with Gasteiger partial charge in [-0.3, -0.25) is 4.98 Å². The smallest absolute Gasteiger partial charge is 0.0951 e. The summed E-state index contributed by atoms with van der Waals surface area (Å²) < 4.78 is 6.17. The van der Waals surface area contributed by atoms with Gasteiger partial charge in [0.05, 0.1) is 22.4 Å². The van der Waals surface area contributed by atoms with Gasteiger partial charge in [0, 0.05) is 30.4 Å². The molecule has 0 radical (unpaired) electrons. The molecule has 1 aliphatic rings. The van der Waals surface area contributed by atoms with Gasteiger partial charge in [0.1, 0.15) is 0 Å². The SMILES string of the molecule is CC1(C)CN(c2ccc(N)c3ncccc23)CC(C)(C)O1. The molecule has 0 amide bonds. The molecule has 1 aromatic heterocycles. The molecule has 0 spiro atoms. The van der Waals surface area contributed by atoms with Gasteiger partial charge in [-0.2, -0.15) is 0 Å². The predicted molar refractivity (Wildman–Crippen MR) is 87.6 cm³/mol. The van der Waals surface area contributed by atoms with E-state index in [0.717, 1.165) is 29.7 Å². The number of nitrogen functional groups attached to an aromatic ring is 1. The topological polar surface area (TPSA) is 51.4 Å². The Hall–Kier alpha value is -1.81. The van der Waals surface area contributed by atoms with Crippen LogP contribution in [0.4, 0.5) is 11.4 Å². The molecule has 0 unspecified atom stereocenters. The van der Waals surface area contributed by atoms with Crippen LogP contribution in [0.5, 0.6) is 0 Å². The fourth-order valence-electron chi connectivity index (χ4n) is 3.41. The first-order chi connectivity index (χ1) is 9.77. The van der Waals surface area contributed by atoms with Gasteiger partial charge in [0.15, 0.2) is 0 Å². The number of benzene rings is 1. The van der Waals surface area contributed by atoms with Gasteiger partial charge < -0.3 is 15.4 Å². The highest BCUT2D eigenvalue weighted by Crippen LogP contribution is 2.35. The van der Waals surface area contributed by atoms with Crippen molar-refractivity contribution in [3.63, 3.8) is 0 Å². The van der Waals surface area contributed by atoms with Gasteiger partial charge in [0.25, 0.3) is 0 Å². The molecule has 4 nitrogen and oxygen atoms in total. The molecule has 3 rings (SSSR count). The zero-order valence-electron chi connectivity index (χ0n) is 13.2. The molecular weight excluding hydrogens is 262 g/mol. The van der Waals surface area contributed by atoms with E-state index in [1.165, 1.54) is 5.69 Å². The molecule has 21 heavy (non-hydrogen) atoms. The lowest BCUT2D eigenvalue weighted by Crippen LogP contribution is -2.57. The lowest BCUT2D eigenvalue weighted by atomic mass is 9.97. The second-order valence-corrected chi connectivity index (χ2v) is 7.05. The number of pyridine rings is 1. The predicted octanol–water partition coefficient (Wildman–Crippen LogP) is 3.21. The summed E-state index contributed by atoms with van der Waals surface area (Å²) in [6, 6.07) is 8.09. The van der Waals surface area contributed by atoms with Crippen molar-refractivity contribution >= 4 is 22.3 Å².